The second kappa shape index (κ2) is 9.34. The lowest BCUT2D eigenvalue weighted by molar-refractivity contribution is 0.0713. The van der Waals surface area contributed by atoms with Crippen molar-refractivity contribution < 1.29 is 4.79 Å². The zero-order valence-electron chi connectivity index (χ0n) is 21.0. The van der Waals surface area contributed by atoms with Crippen molar-refractivity contribution in [2.75, 3.05) is 13.1 Å². The van der Waals surface area contributed by atoms with E-state index in [1.807, 2.05) is 23.1 Å². The monoisotopic (exact) mass is 496 g/mol. The van der Waals surface area contributed by atoms with Crippen LogP contribution in [0.5, 0.6) is 0 Å². The van der Waals surface area contributed by atoms with Gasteiger partial charge in [-0.1, -0.05) is 54.6 Å². The van der Waals surface area contributed by atoms with E-state index >= 15 is 0 Å². The average molecular weight is 497 g/mol. The third-order valence-electron chi connectivity index (χ3n) is 7.91. The van der Waals surface area contributed by atoms with Gasteiger partial charge in [-0.25, -0.2) is 0 Å². The Morgan fingerprint density at radius 2 is 1.53 bits per heavy atom. The van der Waals surface area contributed by atoms with E-state index in [2.05, 4.69) is 94.1 Å². The molecule has 2 N–H and O–H groups in total. The Kier molecular flexibility index (Phi) is 5.54. The number of pyridine rings is 1. The number of piperidine rings is 1. The number of likely N-dealkylation sites (tertiary alicyclic amines) is 1. The molecule has 3 aromatic carbocycles. The largest absolute Gasteiger partial charge is 0.361 e. The quantitative estimate of drug-likeness (QED) is 0.267. The van der Waals surface area contributed by atoms with Crippen LogP contribution < -0.4 is 0 Å². The number of carbonyl (C=O) groups is 1. The number of benzene rings is 3. The van der Waals surface area contributed by atoms with Crippen LogP contribution in [-0.4, -0.2) is 38.8 Å². The van der Waals surface area contributed by atoms with Crippen LogP contribution in [0.4, 0.5) is 0 Å². The van der Waals surface area contributed by atoms with Crippen LogP contribution in [0.3, 0.4) is 0 Å². The van der Waals surface area contributed by atoms with Gasteiger partial charge in [0.1, 0.15) is 0 Å². The standard InChI is InChI=1S/C33H28N4O/c38-33(37-16-13-23(14-17-37)28-20-35-30-9-5-4-8-26(28)30)25-12-15-34-32(19-25)24-10-11-31-27(18-24)29(21-36-31)22-6-2-1-3-7-22/h1-12,15,18-21,23,35-36H,13-14,16-17H2. The molecule has 0 radical (unpaired) electrons. The minimum absolute atomic E-state index is 0.0822. The molecule has 6 aromatic rings. The number of fused-ring (bicyclic) bond motifs is 2. The number of rotatable bonds is 4. The van der Waals surface area contributed by atoms with E-state index in [0.29, 0.717) is 11.5 Å². The lowest BCUT2D eigenvalue weighted by atomic mass is 9.89. The first-order valence-corrected chi connectivity index (χ1v) is 13.2. The topological polar surface area (TPSA) is 64.8 Å². The molecule has 7 rings (SSSR count). The molecule has 4 heterocycles. The first-order valence-electron chi connectivity index (χ1n) is 13.2. The summed E-state index contributed by atoms with van der Waals surface area (Å²) in [6, 6.07) is 28.9. The van der Waals surface area contributed by atoms with Gasteiger partial charge in [0.25, 0.3) is 5.91 Å². The summed E-state index contributed by atoms with van der Waals surface area (Å²) >= 11 is 0. The van der Waals surface area contributed by atoms with Gasteiger partial charge in [-0.15, -0.1) is 0 Å². The molecular weight excluding hydrogens is 468 g/mol. The first-order chi connectivity index (χ1) is 18.7. The van der Waals surface area contributed by atoms with Gasteiger partial charge in [-0.05, 0) is 60.2 Å². The van der Waals surface area contributed by atoms with E-state index in [-0.39, 0.29) is 5.91 Å². The highest BCUT2D eigenvalue weighted by Gasteiger charge is 2.26. The van der Waals surface area contributed by atoms with Crippen LogP contribution in [0.25, 0.3) is 44.2 Å². The molecule has 5 heteroatoms. The van der Waals surface area contributed by atoms with E-state index in [4.69, 9.17) is 0 Å². The van der Waals surface area contributed by atoms with Crippen LogP contribution in [0, 0.1) is 0 Å². The molecule has 1 fully saturated rings. The molecule has 1 amide bonds. The Balaban J connectivity index is 1.11. The van der Waals surface area contributed by atoms with Crippen molar-refractivity contribution in [1.82, 2.24) is 19.9 Å². The van der Waals surface area contributed by atoms with E-state index in [1.165, 1.54) is 22.0 Å². The lowest BCUT2D eigenvalue weighted by Gasteiger charge is -2.32. The number of nitrogens with one attached hydrogen (secondary N) is 2. The summed E-state index contributed by atoms with van der Waals surface area (Å²) in [5.74, 6) is 0.550. The molecule has 0 saturated carbocycles. The molecular formula is C33H28N4O. The molecule has 3 aromatic heterocycles. The van der Waals surface area contributed by atoms with Gasteiger partial charge in [0.05, 0.1) is 5.69 Å². The van der Waals surface area contributed by atoms with Crippen molar-refractivity contribution in [2.45, 2.75) is 18.8 Å². The minimum Gasteiger partial charge on any atom is -0.361 e. The Bertz CT molecular complexity index is 1760. The maximum Gasteiger partial charge on any atom is 0.253 e. The number of nitrogens with zero attached hydrogens (tertiary/aromatic N) is 2. The average Bonchev–Trinajstić information content (AvgIpc) is 3.62. The molecule has 0 unspecified atom stereocenters. The Hall–Kier alpha value is -4.64. The van der Waals surface area contributed by atoms with Crippen LogP contribution in [0.1, 0.15) is 34.7 Å². The maximum atomic E-state index is 13.5. The molecule has 5 nitrogen and oxygen atoms in total. The molecule has 0 bridgehead atoms. The van der Waals surface area contributed by atoms with E-state index in [1.54, 1.807) is 6.20 Å². The van der Waals surface area contributed by atoms with Gasteiger partial charge < -0.3 is 14.9 Å². The summed E-state index contributed by atoms with van der Waals surface area (Å²) in [6.07, 6.45) is 7.89. The lowest BCUT2D eigenvalue weighted by Crippen LogP contribution is -2.37. The number of hydrogen-bond donors (Lipinski definition) is 2. The number of H-pyrrole nitrogens is 2. The zero-order chi connectivity index (χ0) is 25.5. The van der Waals surface area contributed by atoms with Crippen LogP contribution in [0.15, 0.2) is 104 Å². The molecule has 0 spiro atoms. The Morgan fingerprint density at radius 1 is 0.763 bits per heavy atom. The normalized spacial score (nSPS) is 14.4. The van der Waals surface area contributed by atoms with Crippen molar-refractivity contribution in [1.29, 1.82) is 0 Å². The van der Waals surface area contributed by atoms with Gasteiger partial charge in [-0.2, -0.15) is 0 Å². The molecule has 1 aliphatic heterocycles. The number of para-hydroxylation sites is 1. The number of hydrogen-bond acceptors (Lipinski definition) is 2. The van der Waals surface area contributed by atoms with Crippen molar-refractivity contribution in [3.8, 4) is 22.4 Å². The van der Waals surface area contributed by atoms with Gasteiger partial charge in [0.2, 0.25) is 0 Å². The SMILES string of the molecule is O=C(c1ccnc(-c2ccc3[nH]cc(-c4ccccc4)c3c2)c1)N1CCC(c2c[nH]c3ccccc23)CC1. The number of aromatic nitrogens is 3. The number of carbonyl (C=O) groups excluding carboxylic acids is 1. The Morgan fingerprint density at radius 3 is 2.39 bits per heavy atom. The third kappa shape index (κ3) is 3.97. The van der Waals surface area contributed by atoms with Gasteiger partial charge in [0.15, 0.2) is 0 Å². The van der Waals surface area contributed by atoms with Crippen LogP contribution in [-0.2, 0) is 0 Å². The third-order valence-corrected chi connectivity index (χ3v) is 7.91. The highest BCUT2D eigenvalue weighted by atomic mass is 16.2. The van der Waals surface area contributed by atoms with Crippen LogP contribution in [0.2, 0.25) is 0 Å². The first kappa shape index (κ1) is 22.5. The van der Waals surface area contributed by atoms with Crippen molar-refractivity contribution in [3.05, 3.63) is 115 Å². The van der Waals surface area contributed by atoms with E-state index in [0.717, 1.165) is 53.7 Å². The van der Waals surface area contributed by atoms with Crippen molar-refractivity contribution in [2.24, 2.45) is 0 Å². The van der Waals surface area contributed by atoms with E-state index < -0.39 is 0 Å². The van der Waals surface area contributed by atoms with Gasteiger partial charge in [0, 0.05) is 70.2 Å². The summed E-state index contributed by atoms with van der Waals surface area (Å²) in [5.41, 5.74) is 8.47. The van der Waals surface area contributed by atoms with Gasteiger partial charge in [-0.3, -0.25) is 9.78 Å². The maximum absolute atomic E-state index is 13.5. The summed E-state index contributed by atoms with van der Waals surface area (Å²) in [4.78, 5) is 26.9. The van der Waals surface area contributed by atoms with Crippen molar-refractivity contribution in [3.63, 3.8) is 0 Å². The fourth-order valence-corrected chi connectivity index (χ4v) is 5.87. The molecule has 0 aliphatic carbocycles. The highest BCUT2D eigenvalue weighted by Crippen LogP contribution is 2.34. The minimum atomic E-state index is 0.0822. The molecule has 1 aliphatic rings. The fraction of sp³-hybridized carbons (Fsp3) is 0.152. The van der Waals surface area contributed by atoms with Crippen LogP contribution >= 0.6 is 0 Å². The Labute approximate surface area is 221 Å². The predicted molar refractivity (Wildman–Crippen MR) is 153 cm³/mol. The fourth-order valence-electron chi connectivity index (χ4n) is 5.87. The number of amides is 1. The molecule has 186 valence electrons. The zero-order valence-corrected chi connectivity index (χ0v) is 21.0. The smallest absolute Gasteiger partial charge is 0.253 e. The summed E-state index contributed by atoms with van der Waals surface area (Å²) in [6.45, 7) is 1.52. The predicted octanol–water partition coefficient (Wildman–Crippen LogP) is 7.40. The van der Waals surface area contributed by atoms with Gasteiger partial charge >= 0.3 is 0 Å². The molecule has 0 atom stereocenters. The number of aromatic amines is 2. The highest BCUT2D eigenvalue weighted by molar-refractivity contribution is 5.99. The van der Waals surface area contributed by atoms with E-state index in [9.17, 15) is 4.79 Å². The summed E-state index contributed by atoms with van der Waals surface area (Å²) in [7, 11) is 0. The molecule has 38 heavy (non-hydrogen) atoms. The second-order valence-electron chi connectivity index (χ2n) is 10.1. The van der Waals surface area contributed by atoms with Crippen molar-refractivity contribution >= 4 is 27.7 Å². The second-order valence-corrected chi connectivity index (χ2v) is 10.1. The summed E-state index contributed by atoms with van der Waals surface area (Å²) in [5, 5.41) is 2.44. The summed E-state index contributed by atoms with van der Waals surface area (Å²) < 4.78 is 0. The molecule has 1 saturated heterocycles.